The number of pyridine rings is 1. The van der Waals surface area contributed by atoms with Crippen molar-refractivity contribution in [2.24, 2.45) is 0 Å². The van der Waals surface area contributed by atoms with Crippen molar-refractivity contribution in [3.8, 4) is 5.75 Å². The molecule has 2 aromatic rings. The van der Waals surface area contributed by atoms with Gasteiger partial charge in [0.2, 0.25) is 5.91 Å². The highest BCUT2D eigenvalue weighted by Crippen LogP contribution is 2.43. The lowest BCUT2D eigenvalue weighted by Gasteiger charge is -2.41. The van der Waals surface area contributed by atoms with Gasteiger partial charge in [-0.3, -0.25) is 9.59 Å². The molecule has 27 heavy (non-hydrogen) atoms. The van der Waals surface area contributed by atoms with Crippen molar-refractivity contribution < 1.29 is 13.9 Å². The van der Waals surface area contributed by atoms with E-state index in [9.17, 15) is 9.59 Å². The monoisotopic (exact) mass is 373 g/mol. The van der Waals surface area contributed by atoms with Crippen molar-refractivity contribution in [3.05, 3.63) is 34.4 Å². The van der Waals surface area contributed by atoms with Gasteiger partial charge < -0.3 is 19.1 Å². The largest absolute Gasteiger partial charge is 0.492 e. The molecule has 2 aliphatic rings. The Morgan fingerprint density at radius 3 is 2.63 bits per heavy atom. The number of hydrogen-bond acceptors (Lipinski definition) is 4. The summed E-state index contributed by atoms with van der Waals surface area (Å²) in [5, 5.41) is 0.345. The SMILES string of the molecule is COc1c(N2CCN(C(C)=O)C(C)C2)c(F)cc2c(=O)ccn(C3CC3)c12. The number of halogens is 1. The minimum atomic E-state index is -0.464. The number of benzene rings is 1. The second-order valence-electron chi connectivity index (χ2n) is 7.46. The van der Waals surface area contributed by atoms with E-state index >= 15 is 4.39 Å². The zero-order valence-corrected chi connectivity index (χ0v) is 15.9. The molecule has 1 aliphatic carbocycles. The molecule has 4 rings (SSSR count). The number of nitrogens with zero attached hydrogens (tertiary/aromatic N) is 3. The molecule has 1 aliphatic heterocycles. The minimum absolute atomic E-state index is 0.0238. The van der Waals surface area contributed by atoms with Crippen LogP contribution in [0.5, 0.6) is 5.75 Å². The maximum absolute atomic E-state index is 15.1. The average molecular weight is 373 g/mol. The molecule has 1 saturated heterocycles. The Kier molecular flexibility index (Phi) is 4.32. The third-order valence-corrected chi connectivity index (χ3v) is 5.59. The molecule has 1 saturated carbocycles. The summed E-state index contributed by atoms with van der Waals surface area (Å²) in [4.78, 5) is 27.8. The van der Waals surface area contributed by atoms with Crippen LogP contribution in [0.4, 0.5) is 10.1 Å². The molecule has 1 atom stereocenters. The zero-order chi connectivity index (χ0) is 19.3. The molecule has 0 radical (unpaired) electrons. The van der Waals surface area contributed by atoms with Gasteiger partial charge in [-0.15, -0.1) is 0 Å². The third-order valence-electron chi connectivity index (χ3n) is 5.59. The van der Waals surface area contributed by atoms with E-state index < -0.39 is 5.82 Å². The van der Waals surface area contributed by atoms with E-state index in [4.69, 9.17) is 4.74 Å². The van der Waals surface area contributed by atoms with Crippen LogP contribution in [0.2, 0.25) is 0 Å². The molecule has 2 fully saturated rings. The normalized spacial score (nSPS) is 20.2. The van der Waals surface area contributed by atoms with Gasteiger partial charge in [0, 0.05) is 50.9 Å². The fourth-order valence-electron chi connectivity index (χ4n) is 4.14. The van der Waals surface area contributed by atoms with Crippen LogP contribution in [0.15, 0.2) is 23.1 Å². The van der Waals surface area contributed by atoms with E-state index in [1.165, 1.54) is 19.2 Å². The van der Waals surface area contributed by atoms with Gasteiger partial charge >= 0.3 is 0 Å². The lowest BCUT2D eigenvalue weighted by molar-refractivity contribution is -0.131. The Balaban J connectivity index is 1.86. The van der Waals surface area contributed by atoms with Crippen LogP contribution < -0.4 is 15.1 Å². The van der Waals surface area contributed by atoms with Gasteiger partial charge in [0.05, 0.1) is 18.0 Å². The Morgan fingerprint density at radius 1 is 1.30 bits per heavy atom. The third kappa shape index (κ3) is 2.95. The summed E-state index contributed by atoms with van der Waals surface area (Å²) >= 11 is 0. The van der Waals surface area contributed by atoms with Crippen LogP contribution in [0, 0.1) is 5.82 Å². The fraction of sp³-hybridized carbons (Fsp3) is 0.500. The van der Waals surface area contributed by atoms with Gasteiger partial charge in [-0.1, -0.05) is 0 Å². The summed E-state index contributed by atoms with van der Waals surface area (Å²) < 4.78 is 22.8. The number of fused-ring (bicyclic) bond motifs is 1. The van der Waals surface area contributed by atoms with Crippen molar-refractivity contribution in [2.75, 3.05) is 31.6 Å². The highest BCUT2D eigenvalue weighted by molar-refractivity contribution is 5.91. The van der Waals surface area contributed by atoms with Crippen molar-refractivity contribution in [1.82, 2.24) is 9.47 Å². The lowest BCUT2D eigenvalue weighted by Crippen LogP contribution is -2.53. The molecule has 1 unspecified atom stereocenters. The van der Waals surface area contributed by atoms with Crippen LogP contribution in [-0.4, -0.2) is 48.2 Å². The number of rotatable bonds is 3. The van der Waals surface area contributed by atoms with Crippen molar-refractivity contribution >= 4 is 22.5 Å². The summed E-state index contributed by atoms with van der Waals surface area (Å²) in [7, 11) is 1.52. The number of ether oxygens (including phenoxy) is 1. The summed E-state index contributed by atoms with van der Waals surface area (Å²) in [6.45, 7) is 5.07. The summed E-state index contributed by atoms with van der Waals surface area (Å²) in [6, 6.07) is 3.12. The maximum Gasteiger partial charge on any atom is 0.219 e. The van der Waals surface area contributed by atoms with Crippen molar-refractivity contribution in [1.29, 1.82) is 0 Å². The number of piperazine rings is 1. The Hall–Kier alpha value is -2.57. The smallest absolute Gasteiger partial charge is 0.219 e. The fourth-order valence-corrected chi connectivity index (χ4v) is 4.14. The van der Waals surface area contributed by atoms with E-state index in [0.717, 1.165) is 12.8 Å². The van der Waals surface area contributed by atoms with Gasteiger partial charge in [0.15, 0.2) is 17.0 Å². The van der Waals surface area contributed by atoms with Gasteiger partial charge in [-0.25, -0.2) is 4.39 Å². The van der Waals surface area contributed by atoms with Crippen molar-refractivity contribution in [2.45, 2.75) is 38.8 Å². The first-order chi connectivity index (χ1) is 12.9. The zero-order valence-electron chi connectivity index (χ0n) is 15.9. The van der Waals surface area contributed by atoms with Crippen LogP contribution in [0.25, 0.3) is 10.9 Å². The molecule has 7 heteroatoms. The first-order valence-electron chi connectivity index (χ1n) is 9.36. The molecular formula is C20H24FN3O3. The van der Waals surface area contributed by atoms with Gasteiger partial charge in [0.25, 0.3) is 0 Å². The molecule has 2 heterocycles. The number of carbonyl (C=O) groups excluding carboxylic acids is 1. The number of carbonyl (C=O) groups is 1. The topological polar surface area (TPSA) is 54.8 Å². The Morgan fingerprint density at radius 2 is 2.04 bits per heavy atom. The summed E-state index contributed by atoms with van der Waals surface area (Å²) in [5.74, 6) is -0.0396. The predicted octanol–water partition coefficient (Wildman–Crippen LogP) is 2.54. The number of hydrogen-bond donors (Lipinski definition) is 0. The van der Waals surface area contributed by atoms with Gasteiger partial charge in [-0.05, 0) is 25.8 Å². The standard InChI is InChI=1S/C20H24FN3O3/c1-12-11-22(8-9-23(12)13(2)25)19-16(21)10-15-17(26)6-7-24(14-4-5-14)18(15)20(19)27-3/h6-7,10,12,14H,4-5,8-9,11H2,1-3H3. The highest BCUT2D eigenvalue weighted by atomic mass is 19.1. The van der Waals surface area contributed by atoms with E-state index in [2.05, 4.69) is 0 Å². The molecular weight excluding hydrogens is 349 g/mol. The first kappa shape index (κ1) is 17.8. The number of methoxy groups -OCH3 is 1. The predicted molar refractivity (Wildman–Crippen MR) is 102 cm³/mol. The van der Waals surface area contributed by atoms with Gasteiger partial charge in [-0.2, -0.15) is 0 Å². The molecule has 1 aromatic heterocycles. The Bertz CT molecular complexity index is 967. The first-order valence-corrected chi connectivity index (χ1v) is 9.36. The number of anilines is 1. The second kappa shape index (κ2) is 6.55. The Labute approximate surface area is 157 Å². The lowest BCUT2D eigenvalue weighted by atomic mass is 10.1. The molecule has 1 amide bonds. The van der Waals surface area contributed by atoms with Crippen LogP contribution in [-0.2, 0) is 4.79 Å². The highest BCUT2D eigenvalue weighted by Gasteiger charge is 2.32. The summed E-state index contributed by atoms with van der Waals surface area (Å²) in [5.41, 5.74) is 0.825. The van der Waals surface area contributed by atoms with E-state index in [1.807, 2.05) is 16.4 Å². The molecule has 1 aromatic carbocycles. The van der Waals surface area contributed by atoms with E-state index in [1.54, 1.807) is 18.0 Å². The van der Waals surface area contributed by atoms with Crippen LogP contribution in [0.3, 0.4) is 0 Å². The maximum atomic E-state index is 15.1. The van der Waals surface area contributed by atoms with E-state index in [0.29, 0.717) is 48.0 Å². The minimum Gasteiger partial charge on any atom is -0.492 e. The molecule has 0 bridgehead atoms. The van der Waals surface area contributed by atoms with Crippen molar-refractivity contribution in [3.63, 3.8) is 0 Å². The second-order valence-corrected chi connectivity index (χ2v) is 7.46. The number of aromatic nitrogens is 1. The molecule has 0 spiro atoms. The summed E-state index contributed by atoms with van der Waals surface area (Å²) in [6.07, 6.45) is 3.87. The quantitative estimate of drug-likeness (QED) is 0.830. The number of amides is 1. The molecule has 144 valence electrons. The molecule has 6 nitrogen and oxygen atoms in total. The van der Waals surface area contributed by atoms with Crippen LogP contribution in [0.1, 0.15) is 32.7 Å². The average Bonchev–Trinajstić information content (AvgIpc) is 3.46. The van der Waals surface area contributed by atoms with Gasteiger partial charge in [0.1, 0.15) is 5.69 Å². The molecule has 0 N–H and O–H groups in total. The van der Waals surface area contributed by atoms with Crippen LogP contribution >= 0.6 is 0 Å². The van der Waals surface area contributed by atoms with E-state index in [-0.39, 0.29) is 17.4 Å².